The van der Waals surface area contributed by atoms with Gasteiger partial charge in [0.1, 0.15) is 11.6 Å². The van der Waals surface area contributed by atoms with Crippen LogP contribution in [0, 0.1) is 25.2 Å². The summed E-state index contributed by atoms with van der Waals surface area (Å²) in [6.45, 7) is 7.10. The van der Waals surface area contributed by atoms with Crippen molar-refractivity contribution in [3.63, 3.8) is 0 Å². The lowest BCUT2D eigenvalue weighted by Crippen LogP contribution is -2.32. The van der Waals surface area contributed by atoms with E-state index in [0.717, 1.165) is 49.8 Å². The van der Waals surface area contributed by atoms with Crippen molar-refractivity contribution in [2.75, 3.05) is 36.0 Å². The van der Waals surface area contributed by atoms with Gasteiger partial charge in [-0.1, -0.05) is 0 Å². The molecule has 0 amide bonds. The zero-order valence-corrected chi connectivity index (χ0v) is 13.4. The Hall–Kier alpha value is -2.75. The summed E-state index contributed by atoms with van der Waals surface area (Å²) in [6.07, 6.45) is 4.47. The number of nitriles is 1. The molecule has 2 aromatic rings. The molecule has 118 valence electrons. The van der Waals surface area contributed by atoms with Gasteiger partial charge in [0.25, 0.3) is 0 Å². The number of aromatic nitrogens is 4. The van der Waals surface area contributed by atoms with E-state index < -0.39 is 0 Å². The zero-order valence-electron chi connectivity index (χ0n) is 13.4. The molecule has 3 heterocycles. The number of hydrogen-bond acceptors (Lipinski definition) is 7. The van der Waals surface area contributed by atoms with Crippen LogP contribution in [-0.2, 0) is 0 Å². The van der Waals surface area contributed by atoms with Gasteiger partial charge in [0.15, 0.2) is 5.82 Å². The van der Waals surface area contributed by atoms with Crippen molar-refractivity contribution in [1.29, 1.82) is 5.26 Å². The lowest BCUT2D eigenvalue weighted by atomic mass is 10.1. The van der Waals surface area contributed by atoms with Crippen LogP contribution >= 0.6 is 0 Å². The minimum atomic E-state index is 0.627. The predicted octanol–water partition coefficient (Wildman–Crippen LogP) is 1.47. The Morgan fingerprint density at radius 3 is 2.43 bits per heavy atom. The SMILES string of the molecule is Cc1nnc(N2CCCN(c3ncccn3)CC2)c(C#N)c1C. The van der Waals surface area contributed by atoms with E-state index in [9.17, 15) is 5.26 Å². The summed E-state index contributed by atoms with van der Waals surface area (Å²) in [5.41, 5.74) is 2.34. The molecule has 0 unspecified atom stereocenters. The molecule has 0 aliphatic carbocycles. The number of hydrogen-bond donors (Lipinski definition) is 0. The van der Waals surface area contributed by atoms with E-state index in [1.165, 1.54) is 0 Å². The predicted molar refractivity (Wildman–Crippen MR) is 87.3 cm³/mol. The van der Waals surface area contributed by atoms with Crippen molar-refractivity contribution in [3.05, 3.63) is 35.3 Å². The van der Waals surface area contributed by atoms with E-state index in [4.69, 9.17) is 0 Å². The molecule has 0 N–H and O–H groups in total. The molecule has 0 spiro atoms. The molecule has 1 aliphatic heterocycles. The van der Waals surface area contributed by atoms with Gasteiger partial charge >= 0.3 is 0 Å². The summed E-state index contributed by atoms with van der Waals surface area (Å²) >= 11 is 0. The van der Waals surface area contributed by atoms with Crippen LogP contribution < -0.4 is 9.80 Å². The first-order valence-corrected chi connectivity index (χ1v) is 7.71. The van der Waals surface area contributed by atoms with Crippen LogP contribution in [0.3, 0.4) is 0 Å². The highest BCUT2D eigenvalue weighted by Gasteiger charge is 2.21. The monoisotopic (exact) mass is 309 g/mol. The maximum Gasteiger partial charge on any atom is 0.225 e. The standard InChI is InChI=1S/C16H19N7/c1-12-13(2)20-21-15(14(12)11-17)22-7-4-8-23(10-9-22)16-18-5-3-6-19-16/h3,5-6H,4,7-10H2,1-2H3. The van der Waals surface area contributed by atoms with Crippen molar-refractivity contribution < 1.29 is 0 Å². The Balaban J connectivity index is 1.82. The van der Waals surface area contributed by atoms with Crippen molar-refractivity contribution in [2.45, 2.75) is 20.3 Å². The minimum absolute atomic E-state index is 0.627. The van der Waals surface area contributed by atoms with Crippen LogP contribution in [0.4, 0.5) is 11.8 Å². The molecule has 2 aromatic heterocycles. The molecule has 1 saturated heterocycles. The van der Waals surface area contributed by atoms with Crippen molar-refractivity contribution >= 4 is 11.8 Å². The first kappa shape index (κ1) is 15.2. The Morgan fingerprint density at radius 1 is 1.00 bits per heavy atom. The quantitative estimate of drug-likeness (QED) is 0.830. The molecule has 0 aromatic carbocycles. The average molecular weight is 309 g/mol. The fourth-order valence-corrected chi connectivity index (χ4v) is 2.73. The maximum absolute atomic E-state index is 9.48. The first-order chi connectivity index (χ1) is 11.2. The van der Waals surface area contributed by atoms with Crippen LogP contribution in [0.15, 0.2) is 18.5 Å². The van der Waals surface area contributed by atoms with Crippen LogP contribution in [0.2, 0.25) is 0 Å². The number of rotatable bonds is 2. The summed E-state index contributed by atoms with van der Waals surface area (Å²) in [7, 11) is 0. The second-order valence-corrected chi connectivity index (χ2v) is 5.60. The molecule has 1 fully saturated rings. The molecule has 3 rings (SSSR count). The first-order valence-electron chi connectivity index (χ1n) is 7.71. The highest BCUT2D eigenvalue weighted by molar-refractivity contribution is 5.57. The molecule has 0 radical (unpaired) electrons. The van der Waals surface area contributed by atoms with E-state index >= 15 is 0 Å². The molecular weight excluding hydrogens is 290 g/mol. The van der Waals surface area contributed by atoms with Gasteiger partial charge in [-0.15, -0.1) is 5.10 Å². The normalized spacial score (nSPS) is 15.2. The molecule has 23 heavy (non-hydrogen) atoms. The third-order valence-electron chi connectivity index (χ3n) is 4.18. The number of nitrogens with zero attached hydrogens (tertiary/aromatic N) is 7. The van der Waals surface area contributed by atoms with Crippen LogP contribution in [0.25, 0.3) is 0 Å². The van der Waals surface area contributed by atoms with Gasteiger partial charge in [-0.05, 0) is 31.9 Å². The van der Waals surface area contributed by atoms with Crippen LogP contribution in [-0.4, -0.2) is 46.3 Å². The van der Waals surface area contributed by atoms with Gasteiger partial charge in [0.05, 0.1) is 5.69 Å². The van der Waals surface area contributed by atoms with Gasteiger partial charge in [0.2, 0.25) is 5.95 Å². The third kappa shape index (κ3) is 3.06. The van der Waals surface area contributed by atoms with E-state index in [2.05, 4.69) is 36.0 Å². The topological polar surface area (TPSA) is 81.8 Å². The Bertz CT molecular complexity index is 723. The lowest BCUT2D eigenvalue weighted by molar-refractivity contribution is 0.776. The Labute approximate surface area is 135 Å². The van der Waals surface area contributed by atoms with Gasteiger partial charge in [-0.2, -0.15) is 10.4 Å². The van der Waals surface area contributed by atoms with E-state index in [0.29, 0.717) is 11.4 Å². The second kappa shape index (κ2) is 6.57. The Kier molecular flexibility index (Phi) is 4.33. The summed E-state index contributed by atoms with van der Waals surface area (Å²) in [5, 5.41) is 17.9. The van der Waals surface area contributed by atoms with Crippen molar-refractivity contribution in [1.82, 2.24) is 20.2 Å². The van der Waals surface area contributed by atoms with E-state index in [1.807, 2.05) is 19.9 Å². The minimum Gasteiger partial charge on any atom is -0.352 e. The zero-order chi connectivity index (χ0) is 16.2. The highest BCUT2D eigenvalue weighted by atomic mass is 15.3. The van der Waals surface area contributed by atoms with Gasteiger partial charge in [-0.3, -0.25) is 0 Å². The smallest absolute Gasteiger partial charge is 0.225 e. The molecule has 1 aliphatic rings. The number of anilines is 2. The maximum atomic E-state index is 9.48. The second-order valence-electron chi connectivity index (χ2n) is 5.60. The van der Waals surface area contributed by atoms with Crippen molar-refractivity contribution in [2.24, 2.45) is 0 Å². The van der Waals surface area contributed by atoms with Crippen LogP contribution in [0.1, 0.15) is 23.2 Å². The third-order valence-corrected chi connectivity index (χ3v) is 4.18. The van der Waals surface area contributed by atoms with E-state index in [-0.39, 0.29) is 0 Å². The summed E-state index contributed by atoms with van der Waals surface area (Å²) in [5.74, 6) is 1.44. The summed E-state index contributed by atoms with van der Waals surface area (Å²) in [6, 6.07) is 4.10. The van der Waals surface area contributed by atoms with E-state index in [1.54, 1.807) is 12.4 Å². The molecule has 7 heteroatoms. The van der Waals surface area contributed by atoms with Crippen LogP contribution in [0.5, 0.6) is 0 Å². The van der Waals surface area contributed by atoms with Gasteiger partial charge in [0, 0.05) is 38.6 Å². The fraction of sp³-hybridized carbons (Fsp3) is 0.438. The van der Waals surface area contributed by atoms with Gasteiger partial charge < -0.3 is 9.80 Å². The summed E-state index contributed by atoms with van der Waals surface area (Å²) in [4.78, 5) is 12.9. The largest absolute Gasteiger partial charge is 0.352 e. The lowest BCUT2D eigenvalue weighted by Gasteiger charge is -2.23. The highest BCUT2D eigenvalue weighted by Crippen LogP contribution is 2.23. The molecular formula is C16H19N7. The molecule has 0 bridgehead atoms. The van der Waals surface area contributed by atoms with Gasteiger partial charge in [-0.25, -0.2) is 9.97 Å². The molecule has 0 atom stereocenters. The molecule has 0 saturated carbocycles. The summed E-state index contributed by atoms with van der Waals surface area (Å²) < 4.78 is 0. The van der Waals surface area contributed by atoms with Crippen molar-refractivity contribution in [3.8, 4) is 6.07 Å². The molecule has 7 nitrogen and oxygen atoms in total. The average Bonchev–Trinajstić information content (AvgIpc) is 2.84. The number of aryl methyl sites for hydroxylation is 1. The fourth-order valence-electron chi connectivity index (χ4n) is 2.73. The Morgan fingerprint density at radius 2 is 1.70 bits per heavy atom.